The number of oxazole rings is 1. The monoisotopic (exact) mass is 260 g/mol. The first-order valence-corrected chi connectivity index (χ1v) is 5.96. The molecule has 2 rings (SSSR count). The third kappa shape index (κ3) is 3.82. The van der Waals surface area contributed by atoms with Crippen LogP contribution >= 0.6 is 0 Å². The topological polar surface area (TPSA) is 93.2 Å². The van der Waals surface area contributed by atoms with E-state index in [2.05, 4.69) is 15.6 Å². The summed E-state index contributed by atoms with van der Waals surface area (Å²) in [5.41, 5.74) is 7.84. The standard InChI is InChI=1S/C13H16N4O2/c1-9(18)15-10-2-4-11(5-3-10)16-13-17-12(6-7-14)8-19-13/h2-5,8H,6-7,14H2,1H3,(H,15,18)(H,16,17). The van der Waals surface area contributed by atoms with Gasteiger partial charge in [0.1, 0.15) is 6.26 Å². The van der Waals surface area contributed by atoms with E-state index in [1.807, 2.05) is 12.1 Å². The minimum atomic E-state index is -0.0974. The van der Waals surface area contributed by atoms with Gasteiger partial charge in [-0.3, -0.25) is 4.79 Å². The highest BCUT2D eigenvalue weighted by atomic mass is 16.4. The summed E-state index contributed by atoms with van der Waals surface area (Å²) < 4.78 is 5.27. The SMILES string of the molecule is CC(=O)Nc1ccc(Nc2nc(CCN)co2)cc1. The number of carbonyl (C=O) groups is 1. The lowest BCUT2D eigenvalue weighted by Gasteiger charge is -2.04. The van der Waals surface area contributed by atoms with Crippen molar-refractivity contribution >= 4 is 23.3 Å². The van der Waals surface area contributed by atoms with Crippen molar-refractivity contribution in [2.45, 2.75) is 13.3 Å². The molecule has 0 aliphatic carbocycles. The van der Waals surface area contributed by atoms with Gasteiger partial charge >= 0.3 is 0 Å². The van der Waals surface area contributed by atoms with E-state index < -0.39 is 0 Å². The predicted octanol–water partition coefficient (Wildman–Crippen LogP) is 1.88. The quantitative estimate of drug-likeness (QED) is 0.763. The van der Waals surface area contributed by atoms with Crippen molar-refractivity contribution in [1.29, 1.82) is 0 Å². The highest BCUT2D eigenvalue weighted by molar-refractivity contribution is 5.88. The first-order valence-electron chi connectivity index (χ1n) is 5.96. The number of hydrogen-bond acceptors (Lipinski definition) is 5. The Morgan fingerprint density at radius 3 is 2.63 bits per heavy atom. The van der Waals surface area contributed by atoms with Gasteiger partial charge in [0, 0.05) is 24.7 Å². The maximum absolute atomic E-state index is 10.9. The molecule has 0 bridgehead atoms. The molecule has 0 aliphatic heterocycles. The second-order valence-electron chi connectivity index (χ2n) is 4.07. The van der Waals surface area contributed by atoms with Gasteiger partial charge in [0.2, 0.25) is 5.91 Å². The van der Waals surface area contributed by atoms with Crippen LogP contribution in [-0.2, 0) is 11.2 Å². The molecule has 0 saturated heterocycles. The number of carbonyl (C=O) groups excluding carboxylic acids is 1. The van der Waals surface area contributed by atoms with E-state index in [0.717, 1.165) is 17.1 Å². The van der Waals surface area contributed by atoms with Crippen LogP contribution in [0.5, 0.6) is 0 Å². The van der Waals surface area contributed by atoms with E-state index in [1.165, 1.54) is 6.92 Å². The summed E-state index contributed by atoms with van der Waals surface area (Å²) in [5.74, 6) is -0.0974. The Balaban J connectivity index is 2.00. The van der Waals surface area contributed by atoms with Crippen LogP contribution in [0.2, 0.25) is 0 Å². The van der Waals surface area contributed by atoms with E-state index in [0.29, 0.717) is 19.0 Å². The average molecular weight is 260 g/mol. The molecular weight excluding hydrogens is 244 g/mol. The third-order valence-electron chi connectivity index (χ3n) is 2.41. The first-order chi connectivity index (χ1) is 9.17. The molecule has 2 aromatic rings. The van der Waals surface area contributed by atoms with Crippen LogP contribution < -0.4 is 16.4 Å². The van der Waals surface area contributed by atoms with Gasteiger partial charge in [0.25, 0.3) is 6.01 Å². The van der Waals surface area contributed by atoms with E-state index in [1.54, 1.807) is 18.4 Å². The van der Waals surface area contributed by atoms with E-state index in [9.17, 15) is 4.79 Å². The average Bonchev–Trinajstić information content (AvgIpc) is 2.79. The van der Waals surface area contributed by atoms with Crippen molar-refractivity contribution in [1.82, 2.24) is 4.98 Å². The van der Waals surface area contributed by atoms with Crippen molar-refractivity contribution in [3.63, 3.8) is 0 Å². The summed E-state index contributed by atoms with van der Waals surface area (Å²) in [4.78, 5) is 15.1. The molecule has 1 aromatic carbocycles. The fraction of sp³-hybridized carbons (Fsp3) is 0.231. The molecule has 6 nitrogen and oxygen atoms in total. The van der Waals surface area contributed by atoms with Gasteiger partial charge in [0.15, 0.2) is 0 Å². The lowest BCUT2D eigenvalue weighted by Crippen LogP contribution is -2.05. The summed E-state index contributed by atoms with van der Waals surface area (Å²) in [5, 5.41) is 5.73. The lowest BCUT2D eigenvalue weighted by atomic mass is 10.3. The fourth-order valence-corrected chi connectivity index (χ4v) is 1.59. The number of hydrogen-bond donors (Lipinski definition) is 3. The zero-order valence-corrected chi connectivity index (χ0v) is 10.6. The molecule has 4 N–H and O–H groups in total. The van der Waals surface area contributed by atoms with Gasteiger partial charge in [-0.25, -0.2) is 0 Å². The van der Waals surface area contributed by atoms with Gasteiger partial charge in [-0.05, 0) is 30.8 Å². The van der Waals surface area contributed by atoms with Crippen molar-refractivity contribution < 1.29 is 9.21 Å². The van der Waals surface area contributed by atoms with Gasteiger partial charge in [-0.1, -0.05) is 0 Å². The number of rotatable bonds is 5. The zero-order valence-electron chi connectivity index (χ0n) is 10.6. The van der Waals surface area contributed by atoms with E-state index in [4.69, 9.17) is 10.2 Å². The van der Waals surface area contributed by atoms with Gasteiger partial charge in [-0.15, -0.1) is 0 Å². The smallest absolute Gasteiger partial charge is 0.299 e. The van der Waals surface area contributed by atoms with Crippen molar-refractivity contribution in [2.75, 3.05) is 17.2 Å². The number of amides is 1. The number of nitrogens with one attached hydrogen (secondary N) is 2. The van der Waals surface area contributed by atoms with Crippen molar-refractivity contribution in [2.24, 2.45) is 5.73 Å². The maximum Gasteiger partial charge on any atom is 0.299 e. The van der Waals surface area contributed by atoms with Crippen LogP contribution in [0.15, 0.2) is 34.9 Å². The summed E-state index contributed by atoms with van der Waals surface area (Å²) in [6.07, 6.45) is 2.27. The molecule has 1 amide bonds. The molecule has 1 heterocycles. The fourth-order valence-electron chi connectivity index (χ4n) is 1.59. The summed E-state index contributed by atoms with van der Waals surface area (Å²) in [7, 11) is 0. The molecule has 6 heteroatoms. The molecule has 0 fully saturated rings. The molecule has 0 aliphatic rings. The lowest BCUT2D eigenvalue weighted by molar-refractivity contribution is -0.114. The molecule has 0 radical (unpaired) electrons. The van der Waals surface area contributed by atoms with Crippen LogP contribution in [0, 0.1) is 0 Å². The summed E-state index contributed by atoms with van der Waals surface area (Å²) >= 11 is 0. The van der Waals surface area contributed by atoms with Crippen LogP contribution in [0.25, 0.3) is 0 Å². The largest absolute Gasteiger partial charge is 0.432 e. The van der Waals surface area contributed by atoms with Crippen LogP contribution in [0.4, 0.5) is 17.4 Å². The Kier molecular flexibility index (Phi) is 4.15. The third-order valence-corrected chi connectivity index (χ3v) is 2.41. The Labute approximate surface area is 111 Å². The molecule has 19 heavy (non-hydrogen) atoms. The highest BCUT2D eigenvalue weighted by Crippen LogP contribution is 2.18. The minimum absolute atomic E-state index is 0.0974. The van der Waals surface area contributed by atoms with Crippen molar-refractivity contribution in [3.8, 4) is 0 Å². The molecular formula is C13H16N4O2. The molecule has 1 aromatic heterocycles. The van der Waals surface area contributed by atoms with Gasteiger partial charge < -0.3 is 20.8 Å². The number of anilines is 3. The highest BCUT2D eigenvalue weighted by Gasteiger charge is 2.03. The zero-order chi connectivity index (χ0) is 13.7. The summed E-state index contributed by atoms with van der Waals surface area (Å²) in [6, 6.07) is 7.69. The second kappa shape index (κ2) is 6.01. The molecule has 0 spiro atoms. The Hall–Kier alpha value is -2.34. The van der Waals surface area contributed by atoms with E-state index in [-0.39, 0.29) is 5.91 Å². The molecule has 0 saturated carbocycles. The van der Waals surface area contributed by atoms with Gasteiger partial charge in [0.05, 0.1) is 5.69 Å². The second-order valence-corrected chi connectivity index (χ2v) is 4.07. The predicted molar refractivity (Wildman–Crippen MR) is 73.3 cm³/mol. The minimum Gasteiger partial charge on any atom is -0.432 e. The number of nitrogens with two attached hydrogens (primary N) is 1. The van der Waals surface area contributed by atoms with Crippen LogP contribution in [0.3, 0.4) is 0 Å². The van der Waals surface area contributed by atoms with Crippen molar-refractivity contribution in [3.05, 3.63) is 36.2 Å². The summed E-state index contributed by atoms with van der Waals surface area (Å²) in [6.45, 7) is 2.01. The number of nitrogens with zero attached hydrogens (tertiary/aromatic N) is 1. The maximum atomic E-state index is 10.9. The van der Waals surface area contributed by atoms with Crippen LogP contribution in [-0.4, -0.2) is 17.4 Å². The Morgan fingerprint density at radius 1 is 1.32 bits per heavy atom. The Bertz CT molecular complexity index is 548. The number of benzene rings is 1. The van der Waals surface area contributed by atoms with Gasteiger partial charge in [-0.2, -0.15) is 4.98 Å². The van der Waals surface area contributed by atoms with Crippen LogP contribution in [0.1, 0.15) is 12.6 Å². The first kappa shape index (κ1) is 13.1. The van der Waals surface area contributed by atoms with E-state index >= 15 is 0 Å². The molecule has 100 valence electrons. The Morgan fingerprint density at radius 2 is 2.00 bits per heavy atom. The molecule has 0 atom stereocenters. The normalized spacial score (nSPS) is 10.2. The number of aromatic nitrogens is 1. The molecule has 0 unspecified atom stereocenters.